The Morgan fingerprint density at radius 1 is 1.25 bits per heavy atom. The van der Waals surface area contributed by atoms with Crippen LogP contribution in [0.3, 0.4) is 0 Å². The fourth-order valence-electron chi connectivity index (χ4n) is 2.07. The van der Waals surface area contributed by atoms with Crippen LogP contribution in [0.5, 0.6) is 0 Å². The van der Waals surface area contributed by atoms with Crippen LogP contribution in [0.2, 0.25) is 0 Å². The predicted octanol–water partition coefficient (Wildman–Crippen LogP) is 1.60. The summed E-state index contributed by atoms with van der Waals surface area (Å²) >= 11 is 0. The first-order valence-electron chi connectivity index (χ1n) is 6.49. The first kappa shape index (κ1) is 13.3. The molecule has 0 spiro atoms. The average molecular weight is 227 g/mol. The molecule has 4 N–H and O–H groups in total. The molecule has 0 aromatic carbocycles. The van der Waals surface area contributed by atoms with Crippen LogP contribution in [0.15, 0.2) is 0 Å². The van der Waals surface area contributed by atoms with Gasteiger partial charge in [0.2, 0.25) is 0 Å². The van der Waals surface area contributed by atoms with Gasteiger partial charge in [-0.15, -0.1) is 0 Å². The topological polar surface area (TPSA) is 67.2 Å². The molecule has 1 aliphatic carbocycles. The molecule has 0 aromatic heterocycles. The number of carbonyl (C=O) groups excluding carboxylic acids is 1. The van der Waals surface area contributed by atoms with E-state index in [0.29, 0.717) is 12.0 Å². The second-order valence-electron chi connectivity index (χ2n) is 4.77. The molecule has 1 fully saturated rings. The maximum atomic E-state index is 11.4. The summed E-state index contributed by atoms with van der Waals surface area (Å²) in [5.41, 5.74) is 5.83. The largest absolute Gasteiger partial charge is 0.338 e. The van der Waals surface area contributed by atoms with Crippen molar-refractivity contribution in [2.24, 2.45) is 11.7 Å². The van der Waals surface area contributed by atoms with Crippen LogP contribution in [0, 0.1) is 5.92 Å². The maximum absolute atomic E-state index is 11.4. The first-order chi connectivity index (χ1) is 7.72. The zero-order valence-corrected chi connectivity index (χ0v) is 10.3. The van der Waals surface area contributed by atoms with Crippen molar-refractivity contribution < 1.29 is 4.79 Å². The van der Waals surface area contributed by atoms with Gasteiger partial charge >= 0.3 is 6.03 Å². The third-order valence-electron chi connectivity index (χ3n) is 3.26. The lowest BCUT2D eigenvalue weighted by atomic mass is 9.86. The standard InChI is InChI=1S/C12H25N3O/c1-2-3-8-14-12(16)15-9-10-4-6-11(13)7-5-10/h10-11H,2-9,13H2,1H3,(H2,14,15,16). The molecule has 0 aromatic rings. The molecule has 0 radical (unpaired) electrons. The van der Waals surface area contributed by atoms with E-state index in [0.717, 1.165) is 51.6 Å². The van der Waals surface area contributed by atoms with Crippen molar-refractivity contribution in [2.75, 3.05) is 13.1 Å². The van der Waals surface area contributed by atoms with Crippen molar-refractivity contribution >= 4 is 6.03 Å². The zero-order valence-electron chi connectivity index (χ0n) is 10.3. The highest BCUT2D eigenvalue weighted by molar-refractivity contribution is 5.73. The van der Waals surface area contributed by atoms with Crippen molar-refractivity contribution in [2.45, 2.75) is 51.5 Å². The number of amides is 2. The van der Waals surface area contributed by atoms with E-state index in [-0.39, 0.29) is 6.03 Å². The normalized spacial score (nSPS) is 25.1. The molecule has 2 amide bonds. The highest BCUT2D eigenvalue weighted by atomic mass is 16.2. The number of nitrogens with one attached hydrogen (secondary N) is 2. The molecule has 0 aliphatic heterocycles. The lowest BCUT2D eigenvalue weighted by Crippen LogP contribution is -2.40. The Balaban J connectivity index is 2.03. The lowest BCUT2D eigenvalue weighted by molar-refractivity contribution is 0.235. The summed E-state index contributed by atoms with van der Waals surface area (Å²) in [4.78, 5) is 11.4. The molecule has 0 heterocycles. The SMILES string of the molecule is CCCCNC(=O)NCC1CCC(N)CC1. The average Bonchev–Trinajstić information content (AvgIpc) is 2.29. The van der Waals surface area contributed by atoms with Gasteiger partial charge in [-0.25, -0.2) is 4.79 Å². The number of carbonyl (C=O) groups is 1. The molecular weight excluding hydrogens is 202 g/mol. The molecule has 0 saturated heterocycles. The molecule has 0 unspecified atom stereocenters. The molecule has 4 nitrogen and oxygen atoms in total. The van der Waals surface area contributed by atoms with Gasteiger partial charge in [-0.2, -0.15) is 0 Å². The molecule has 1 rings (SSSR count). The van der Waals surface area contributed by atoms with Gasteiger partial charge in [0.1, 0.15) is 0 Å². The van der Waals surface area contributed by atoms with E-state index in [1.807, 2.05) is 0 Å². The van der Waals surface area contributed by atoms with Crippen molar-refractivity contribution in [1.82, 2.24) is 10.6 Å². The Bertz CT molecular complexity index is 200. The Morgan fingerprint density at radius 3 is 2.56 bits per heavy atom. The van der Waals surface area contributed by atoms with Crippen LogP contribution >= 0.6 is 0 Å². The summed E-state index contributed by atoms with van der Waals surface area (Å²) in [7, 11) is 0. The van der Waals surface area contributed by atoms with Gasteiger partial charge < -0.3 is 16.4 Å². The van der Waals surface area contributed by atoms with Crippen LogP contribution in [0.1, 0.15) is 45.4 Å². The van der Waals surface area contributed by atoms with Crippen LogP contribution in [-0.4, -0.2) is 25.2 Å². The Morgan fingerprint density at radius 2 is 1.94 bits per heavy atom. The molecule has 4 heteroatoms. The Kier molecular flexibility index (Phi) is 6.23. The summed E-state index contributed by atoms with van der Waals surface area (Å²) in [6.45, 7) is 3.69. The van der Waals surface area contributed by atoms with Gasteiger partial charge in [-0.05, 0) is 38.0 Å². The minimum Gasteiger partial charge on any atom is -0.338 e. The third kappa shape index (κ3) is 5.35. The summed E-state index contributed by atoms with van der Waals surface area (Å²) in [5.74, 6) is 0.622. The van der Waals surface area contributed by atoms with E-state index in [1.165, 1.54) is 0 Å². The third-order valence-corrected chi connectivity index (χ3v) is 3.26. The van der Waals surface area contributed by atoms with Gasteiger partial charge in [0.25, 0.3) is 0 Å². The number of hydrogen-bond acceptors (Lipinski definition) is 2. The highest BCUT2D eigenvalue weighted by Crippen LogP contribution is 2.22. The van der Waals surface area contributed by atoms with Gasteiger partial charge in [0, 0.05) is 19.1 Å². The van der Waals surface area contributed by atoms with Crippen LogP contribution in [-0.2, 0) is 0 Å². The molecule has 1 saturated carbocycles. The Hall–Kier alpha value is -0.770. The highest BCUT2D eigenvalue weighted by Gasteiger charge is 2.18. The van der Waals surface area contributed by atoms with E-state index in [4.69, 9.17) is 5.73 Å². The van der Waals surface area contributed by atoms with Gasteiger partial charge in [-0.3, -0.25) is 0 Å². The summed E-state index contributed by atoms with van der Waals surface area (Å²) in [6, 6.07) is 0.359. The van der Waals surface area contributed by atoms with E-state index in [9.17, 15) is 4.79 Å². The monoisotopic (exact) mass is 227 g/mol. The van der Waals surface area contributed by atoms with Crippen molar-refractivity contribution in [3.63, 3.8) is 0 Å². The fraction of sp³-hybridized carbons (Fsp3) is 0.917. The van der Waals surface area contributed by atoms with E-state index in [2.05, 4.69) is 17.6 Å². The van der Waals surface area contributed by atoms with Crippen LogP contribution in [0.4, 0.5) is 4.79 Å². The minimum absolute atomic E-state index is 0.0247. The second kappa shape index (κ2) is 7.49. The van der Waals surface area contributed by atoms with E-state index in [1.54, 1.807) is 0 Å². The predicted molar refractivity (Wildman–Crippen MR) is 66.2 cm³/mol. The smallest absolute Gasteiger partial charge is 0.314 e. The van der Waals surface area contributed by atoms with Crippen molar-refractivity contribution in [3.05, 3.63) is 0 Å². The summed E-state index contributed by atoms with van der Waals surface area (Å²) in [6.07, 6.45) is 6.66. The second-order valence-corrected chi connectivity index (χ2v) is 4.77. The number of hydrogen-bond donors (Lipinski definition) is 3. The fourth-order valence-corrected chi connectivity index (χ4v) is 2.07. The van der Waals surface area contributed by atoms with E-state index < -0.39 is 0 Å². The minimum atomic E-state index is -0.0247. The van der Waals surface area contributed by atoms with Crippen molar-refractivity contribution in [1.29, 1.82) is 0 Å². The number of nitrogens with two attached hydrogens (primary N) is 1. The molecule has 16 heavy (non-hydrogen) atoms. The number of rotatable bonds is 5. The summed E-state index contributed by atoms with van der Waals surface area (Å²) < 4.78 is 0. The zero-order chi connectivity index (χ0) is 11.8. The number of urea groups is 1. The Labute approximate surface area is 98.3 Å². The maximum Gasteiger partial charge on any atom is 0.314 e. The molecule has 0 atom stereocenters. The van der Waals surface area contributed by atoms with Crippen LogP contribution in [0.25, 0.3) is 0 Å². The molecule has 94 valence electrons. The molecule has 1 aliphatic rings. The molecular formula is C12H25N3O. The van der Waals surface area contributed by atoms with Gasteiger partial charge in [-0.1, -0.05) is 13.3 Å². The summed E-state index contributed by atoms with van der Waals surface area (Å²) in [5, 5.41) is 5.79. The van der Waals surface area contributed by atoms with Gasteiger partial charge in [0.15, 0.2) is 0 Å². The van der Waals surface area contributed by atoms with Crippen molar-refractivity contribution in [3.8, 4) is 0 Å². The molecule has 0 bridgehead atoms. The first-order valence-corrected chi connectivity index (χ1v) is 6.49. The van der Waals surface area contributed by atoms with Gasteiger partial charge in [0.05, 0.1) is 0 Å². The number of unbranched alkanes of at least 4 members (excludes halogenated alkanes) is 1. The van der Waals surface area contributed by atoms with Crippen LogP contribution < -0.4 is 16.4 Å². The quantitative estimate of drug-likeness (QED) is 0.625. The lowest BCUT2D eigenvalue weighted by Gasteiger charge is -2.26. The van der Waals surface area contributed by atoms with E-state index >= 15 is 0 Å².